The second kappa shape index (κ2) is 3.45. The lowest BCUT2D eigenvalue weighted by Crippen LogP contribution is -2.06. The topological polar surface area (TPSA) is 97.8 Å². The molecule has 1 heterocycles. The van der Waals surface area contributed by atoms with Gasteiger partial charge in [0.05, 0.1) is 0 Å². The number of hydrogen-bond acceptors (Lipinski definition) is 4. The first-order chi connectivity index (χ1) is 7.20. The lowest BCUT2D eigenvalue weighted by molar-refractivity contribution is 0.104. The number of aromatic amines is 1. The second-order valence-corrected chi connectivity index (χ2v) is 3.09. The molecule has 0 bridgehead atoms. The number of carbonyl (C=O) groups excluding carboxylic acids is 1. The minimum absolute atomic E-state index is 0.126. The highest BCUT2D eigenvalue weighted by molar-refractivity contribution is 6.14. The fourth-order valence-corrected chi connectivity index (χ4v) is 1.34. The number of anilines is 2. The van der Waals surface area contributed by atoms with Crippen molar-refractivity contribution >= 4 is 17.4 Å². The molecule has 0 aliphatic heterocycles. The summed E-state index contributed by atoms with van der Waals surface area (Å²) in [6.45, 7) is 0. The number of H-pyrrole nitrogens is 1. The van der Waals surface area contributed by atoms with Crippen LogP contribution in [0.2, 0.25) is 0 Å². The van der Waals surface area contributed by atoms with Gasteiger partial charge in [-0.15, -0.1) is 0 Å². The average molecular weight is 202 g/mol. The Kier molecular flexibility index (Phi) is 2.13. The van der Waals surface area contributed by atoms with Crippen LogP contribution in [0.3, 0.4) is 0 Å². The minimum atomic E-state index is -0.223. The number of ketones is 1. The Morgan fingerprint density at radius 2 is 1.87 bits per heavy atom. The molecule has 0 radical (unpaired) electrons. The van der Waals surface area contributed by atoms with Gasteiger partial charge in [0, 0.05) is 5.56 Å². The number of nitrogens with two attached hydrogens (primary N) is 2. The summed E-state index contributed by atoms with van der Waals surface area (Å²) >= 11 is 0. The predicted molar refractivity (Wildman–Crippen MR) is 57.3 cm³/mol. The van der Waals surface area contributed by atoms with E-state index >= 15 is 0 Å². The molecule has 5 heteroatoms. The number of nitrogen functional groups attached to an aromatic ring is 2. The first-order valence-electron chi connectivity index (χ1n) is 4.39. The molecular formula is C10H10N4O. The van der Waals surface area contributed by atoms with Gasteiger partial charge < -0.3 is 11.5 Å². The minimum Gasteiger partial charge on any atom is -0.383 e. The monoisotopic (exact) mass is 202 g/mol. The van der Waals surface area contributed by atoms with Gasteiger partial charge in [0.1, 0.15) is 11.4 Å². The van der Waals surface area contributed by atoms with E-state index in [9.17, 15) is 4.79 Å². The Morgan fingerprint density at radius 1 is 1.20 bits per heavy atom. The van der Waals surface area contributed by atoms with Crippen LogP contribution in [0.15, 0.2) is 30.3 Å². The van der Waals surface area contributed by atoms with Crippen molar-refractivity contribution in [2.45, 2.75) is 0 Å². The molecule has 2 rings (SSSR count). The third-order valence-electron chi connectivity index (χ3n) is 2.09. The van der Waals surface area contributed by atoms with Crippen molar-refractivity contribution in [2.75, 3.05) is 11.5 Å². The molecule has 0 saturated carbocycles. The molecule has 15 heavy (non-hydrogen) atoms. The van der Waals surface area contributed by atoms with Crippen LogP contribution in [0.25, 0.3) is 0 Å². The zero-order chi connectivity index (χ0) is 10.8. The third kappa shape index (κ3) is 1.54. The molecule has 2 aromatic rings. The van der Waals surface area contributed by atoms with Crippen LogP contribution in [0, 0.1) is 0 Å². The van der Waals surface area contributed by atoms with E-state index in [1.165, 1.54) is 0 Å². The van der Waals surface area contributed by atoms with Crippen LogP contribution < -0.4 is 11.5 Å². The summed E-state index contributed by atoms with van der Waals surface area (Å²) in [4.78, 5) is 11.9. The molecule has 0 unspecified atom stereocenters. The van der Waals surface area contributed by atoms with Crippen molar-refractivity contribution < 1.29 is 4.79 Å². The first kappa shape index (κ1) is 9.26. The highest BCUT2D eigenvalue weighted by Crippen LogP contribution is 2.19. The van der Waals surface area contributed by atoms with E-state index in [-0.39, 0.29) is 23.0 Å². The Morgan fingerprint density at radius 3 is 2.40 bits per heavy atom. The van der Waals surface area contributed by atoms with Gasteiger partial charge in [-0.2, -0.15) is 5.10 Å². The quantitative estimate of drug-likeness (QED) is 0.627. The Labute approximate surface area is 86.1 Å². The molecule has 0 saturated heterocycles. The Bertz CT molecular complexity index is 470. The van der Waals surface area contributed by atoms with Crippen molar-refractivity contribution in [2.24, 2.45) is 0 Å². The van der Waals surface area contributed by atoms with Crippen molar-refractivity contribution in [3.63, 3.8) is 0 Å². The maximum atomic E-state index is 11.9. The van der Waals surface area contributed by atoms with Crippen LogP contribution in [-0.2, 0) is 0 Å². The van der Waals surface area contributed by atoms with Crippen molar-refractivity contribution in [1.82, 2.24) is 10.2 Å². The number of nitrogens with zero attached hydrogens (tertiary/aromatic N) is 1. The van der Waals surface area contributed by atoms with Crippen LogP contribution in [-0.4, -0.2) is 16.0 Å². The summed E-state index contributed by atoms with van der Waals surface area (Å²) in [5.41, 5.74) is 11.9. The van der Waals surface area contributed by atoms with Gasteiger partial charge in [0.2, 0.25) is 5.78 Å². The molecule has 0 aliphatic carbocycles. The predicted octanol–water partition coefficient (Wildman–Crippen LogP) is 0.805. The van der Waals surface area contributed by atoms with E-state index in [0.29, 0.717) is 5.56 Å². The van der Waals surface area contributed by atoms with Crippen LogP contribution in [0.4, 0.5) is 11.6 Å². The molecule has 76 valence electrons. The highest BCUT2D eigenvalue weighted by Gasteiger charge is 2.17. The van der Waals surface area contributed by atoms with E-state index in [1.807, 2.05) is 6.07 Å². The molecule has 0 fully saturated rings. The molecule has 5 nitrogen and oxygen atoms in total. The van der Waals surface area contributed by atoms with E-state index in [1.54, 1.807) is 24.3 Å². The number of aromatic nitrogens is 2. The normalized spacial score (nSPS) is 10.1. The smallest absolute Gasteiger partial charge is 0.200 e. The highest BCUT2D eigenvalue weighted by atomic mass is 16.1. The SMILES string of the molecule is Nc1n[nH]c(N)c1C(=O)c1ccccc1. The van der Waals surface area contributed by atoms with Crippen molar-refractivity contribution in [1.29, 1.82) is 0 Å². The van der Waals surface area contributed by atoms with Crippen LogP contribution in [0.1, 0.15) is 15.9 Å². The summed E-state index contributed by atoms with van der Waals surface area (Å²) in [6, 6.07) is 8.79. The molecule has 0 amide bonds. The van der Waals surface area contributed by atoms with Gasteiger partial charge in [-0.3, -0.25) is 9.89 Å². The van der Waals surface area contributed by atoms with E-state index < -0.39 is 0 Å². The van der Waals surface area contributed by atoms with Gasteiger partial charge in [0.15, 0.2) is 5.82 Å². The summed E-state index contributed by atoms with van der Waals surface area (Å²) < 4.78 is 0. The summed E-state index contributed by atoms with van der Waals surface area (Å²) in [5, 5.41) is 6.14. The molecule has 0 atom stereocenters. The zero-order valence-corrected chi connectivity index (χ0v) is 7.90. The molecule has 0 spiro atoms. The fraction of sp³-hybridized carbons (Fsp3) is 0. The largest absolute Gasteiger partial charge is 0.383 e. The zero-order valence-electron chi connectivity index (χ0n) is 7.90. The van der Waals surface area contributed by atoms with Gasteiger partial charge in [0.25, 0.3) is 0 Å². The number of nitrogens with one attached hydrogen (secondary N) is 1. The summed E-state index contributed by atoms with van der Waals surface area (Å²) in [7, 11) is 0. The number of benzene rings is 1. The van der Waals surface area contributed by atoms with Crippen LogP contribution in [0.5, 0.6) is 0 Å². The van der Waals surface area contributed by atoms with Crippen molar-refractivity contribution in [3.05, 3.63) is 41.5 Å². The molecular weight excluding hydrogens is 192 g/mol. The summed E-state index contributed by atoms with van der Waals surface area (Å²) in [5.74, 6) is 0.0991. The van der Waals surface area contributed by atoms with Gasteiger partial charge in [-0.25, -0.2) is 0 Å². The second-order valence-electron chi connectivity index (χ2n) is 3.09. The van der Waals surface area contributed by atoms with E-state index in [4.69, 9.17) is 11.5 Å². The molecule has 1 aromatic heterocycles. The average Bonchev–Trinajstić information content (AvgIpc) is 2.59. The number of rotatable bonds is 2. The number of carbonyl (C=O) groups is 1. The lowest BCUT2D eigenvalue weighted by atomic mass is 10.1. The molecule has 0 aliphatic rings. The molecule has 5 N–H and O–H groups in total. The summed E-state index contributed by atoms with van der Waals surface area (Å²) in [6.07, 6.45) is 0. The number of hydrogen-bond donors (Lipinski definition) is 3. The van der Waals surface area contributed by atoms with E-state index in [2.05, 4.69) is 10.2 Å². The maximum absolute atomic E-state index is 11.9. The van der Waals surface area contributed by atoms with E-state index in [0.717, 1.165) is 0 Å². The fourth-order valence-electron chi connectivity index (χ4n) is 1.34. The van der Waals surface area contributed by atoms with Gasteiger partial charge >= 0.3 is 0 Å². The Hall–Kier alpha value is -2.30. The first-order valence-corrected chi connectivity index (χ1v) is 4.39. The lowest BCUT2D eigenvalue weighted by Gasteiger charge is -1.99. The van der Waals surface area contributed by atoms with Crippen LogP contribution >= 0.6 is 0 Å². The van der Waals surface area contributed by atoms with Gasteiger partial charge in [-0.1, -0.05) is 30.3 Å². The van der Waals surface area contributed by atoms with Crippen molar-refractivity contribution in [3.8, 4) is 0 Å². The van der Waals surface area contributed by atoms with Gasteiger partial charge in [-0.05, 0) is 0 Å². The third-order valence-corrected chi connectivity index (χ3v) is 2.09. The standard InChI is InChI=1S/C10H10N4O/c11-9-7(10(12)14-13-9)8(15)6-4-2-1-3-5-6/h1-5H,(H5,11,12,13,14). The maximum Gasteiger partial charge on any atom is 0.200 e. The Balaban J connectivity index is 2.46. The molecule has 1 aromatic carbocycles.